The van der Waals surface area contributed by atoms with Gasteiger partial charge in [-0.25, -0.2) is 13.2 Å². The molecular weight excluding hydrogens is 193 g/mol. The van der Waals surface area contributed by atoms with Gasteiger partial charge in [0, 0.05) is 12.2 Å². The standard InChI is InChI=1S/C10H9F3O/c11-8-4-5-9(12)10(13)7(8)3-1-2-6-14/h1,3-5,14H,2,6H2. The summed E-state index contributed by atoms with van der Waals surface area (Å²) in [4.78, 5) is 0. The fourth-order valence-electron chi connectivity index (χ4n) is 0.971. The number of aliphatic hydroxyl groups is 1. The minimum Gasteiger partial charge on any atom is -0.396 e. The zero-order valence-electron chi connectivity index (χ0n) is 7.30. The molecule has 0 aliphatic rings. The molecule has 0 aliphatic carbocycles. The SMILES string of the molecule is OCCC=Cc1c(F)ccc(F)c1F. The van der Waals surface area contributed by atoms with Crippen molar-refractivity contribution in [3.63, 3.8) is 0 Å². The van der Waals surface area contributed by atoms with Crippen molar-refractivity contribution < 1.29 is 18.3 Å². The quantitative estimate of drug-likeness (QED) is 0.746. The van der Waals surface area contributed by atoms with E-state index >= 15 is 0 Å². The van der Waals surface area contributed by atoms with Crippen LogP contribution in [0.4, 0.5) is 13.2 Å². The van der Waals surface area contributed by atoms with Crippen LogP contribution in [0.25, 0.3) is 6.08 Å². The topological polar surface area (TPSA) is 20.2 Å². The number of hydrogen-bond donors (Lipinski definition) is 1. The van der Waals surface area contributed by atoms with Crippen molar-refractivity contribution in [3.05, 3.63) is 41.2 Å². The second kappa shape index (κ2) is 4.81. The first-order chi connectivity index (χ1) is 6.66. The fraction of sp³-hybridized carbons (Fsp3) is 0.200. The van der Waals surface area contributed by atoms with Crippen molar-refractivity contribution >= 4 is 6.08 Å². The van der Waals surface area contributed by atoms with Crippen LogP contribution in [0.3, 0.4) is 0 Å². The number of benzene rings is 1. The van der Waals surface area contributed by atoms with E-state index in [-0.39, 0.29) is 13.0 Å². The maximum Gasteiger partial charge on any atom is 0.168 e. The summed E-state index contributed by atoms with van der Waals surface area (Å²) in [6.45, 7) is -0.116. The molecule has 1 aromatic rings. The summed E-state index contributed by atoms with van der Waals surface area (Å²) in [5, 5.41) is 8.42. The Hall–Kier alpha value is -1.29. The molecule has 4 heteroatoms. The summed E-state index contributed by atoms with van der Waals surface area (Å²) in [5.74, 6) is -3.12. The Morgan fingerprint density at radius 1 is 1.14 bits per heavy atom. The maximum absolute atomic E-state index is 13.0. The molecule has 0 heterocycles. The Kier molecular flexibility index (Phi) is 3.71. The van der Waals surface area contributed by atoms with Gasteiger partial charge < -0.3 is 5.11 Å². The van der Waals surface area contributed by atoms with Crippen molar-refractivity contribution in [2.24, 2.45) is 0 Å². The zero-order valence-corrected chi connectivity index (χ0v) is 7.30. The number of rotatable bonds is 3. The lowest BCUT2D eigenvalue weighted by atomic mass is 10.1. The smallest absolute Gasteiger partial charge is 0.168 e. The van der Waals surface area contributed by atoms with E-state index in [0.717, 1.165) is 18.2 Å². The molecule has 0 unspecified atom stereocenters. The first-order valence-electron chi connectivity index (χ1n) is 4.07. The van der Waals surface area contributed by atoms with E-state index in [4.69, 9.17) is 5.11 Å². The first-order valence-corrected chi connectivity index (χ1v) is 4.07. The van der Waals surface area contributed by atoms with E-state index in [0.29, 0.717) is 0 Å². The zero-order chi connectivity index (χ0) is 10.6. The van der Waals surface area contributed by atoms with Gasteiger partial charge in [0.05, 0.1) is 0 Å². The van der Waals surface area contributed by atoms with E-state index in [2.05, 4.69) is 0 Å². The van der Waals surface area contributed by atoms with Gasteiger partial charge in [-0.1, -0.05) is 12.2 Å². The molecule has 0 aromatic heterocycles. The number of aliphatic hydroxyl groups excluding tert-OH is 1. The highest BCUT2D eigenvalue weighted by Crippen LogP contribution is 2.17. The molecule has 0 aliphatic heterocycles. The average molecular weight is 202 g/mol. The van der Waals surface area contributed by atoms with E-state index in [9.17, 15) is 13.2 Å². The van der Waals surface area contributed by atoms with Crippen molar-refractivity contribution in [3.8, 4) is 0 Å². The van der Waals surface area contributed by atoms with Gasteiger partial charge in [0.25, 0.3) is 0 Å². The highest BCUT2D eigenvalue weighted by molar-refractivity contribution is 5.50. The molecule has 14 heavy (non-hydrogen) atoms. The van der Waals surface area contributed by atoms with Crippen LogP contribution in [-0.2, 0) is 0 Å². The highest BCUT2D eigenvalue weighted by atomic mass is 19.2. The van der Waals surface area contributed by atoms with Crippen LogP contribution in [-0.4, -0.2) is 11.7 Å². The van der Waals surface area contributed by atoms with Crippen molar-refractivity contribution in [2.75, 3.05) is 6.61 Å². The third-order valence-electron chi connectivity index (χ3n) is 1.66. The van der Waals surface area contributed by atoms with E-state index in [1.54, 1.807) is 0 Å². The third-order valence-corrected chi connectivity index (χ3v) is 1.66. The Labute approximate surface area is 79.5 Å². The molecule has 0 radical (unpaired) electrons. The molecule has 0 amide bonds. The molecule has 1 rings (SSSR count). The van der Waals surface area contributed by atoms with Crippen LogP contribution in [0.15, 0.2) is 18.2 Å². The van der Waals surface area contributed by atoms with Crippen molar-refractivity contribution in [1.29, 1.82) is 0 Å². The van der Waals surface area contributed by atoms with Crippen molar-refractivity contribution in [2.45, 2.75) is 6.42 Å². The Morgan fingerprint density at radius 3 is 2.43 bits per heavy atom. The van der Waals surface area contributed by atoms with E-state index < -0.39 is 23.0 Å². The Balaban J connectivity index is 3.00. The predicted molar refractivity (Wildman–Crippen MR) is 47.1 cm³/mol. The number of hydrogen-bond acceptors (Lipinski definition) is 1. The van der Waals surface area contributed by atoms with Gasteiger partial charge in [0.15, 0.2) is 11.6 Å². The molecule has 1 N–H and O–H groups in total. The normalized spacial score (nSPS) is 11.1. The second-order valence-electron chi connectivity index (χ2n) is 2.67. The van der Waals surface area contributed by atoms with Gasteiger partial charge in [0.1, 0.15) is 5.82 Å². The van der Waals surface area contributed by atoms with Gasteiger partial charge in [-0.3, -0.25) is 0 Å². The summed E-state index contributed by atoms with van der Waals surface area (Å²) >= 11 is 0. The average Bonchev–Trinajstić information content (AvgIpc) is 2.18. The van der Waals surface area contributed by atoms with Crippen LogP contribution in [0.5, 0.6) is 0 Å². The Morgan fingerprint density at radius 2 is 1.79 bits per heavy atom. The van der Waals surface area contributed by atoms with Crippen molar-refractivity contribution in [1.82, 2.24) is 0 Å². The molecule has 0 atom stereocenters. The molecule has 76 valence electrons. The summed E-state index contributed by atoms with van der Waals surface area (Å²) in [6.07, 6.45) is 2.76. The molecule has 0 bridgehead atoms. The lowest BCUT2D eigenvalue weighted by Gasteiger charge is -1.99. The molecule has 0 saturated carbocycles. The summed E-state index contributed by atoms with van der Waals surface area (Å²) < 4.78 is 38.5. The third kappa shape index (κ3) is 2.35. The minimum atomic E-state index is -1.21. The molecule has 1 nitrogen and oxygen atoms in total. The highest BCUT2D eigenvalue weighted by Gasteiger charge is 2.10. The van der Waals surface area contributed by atoms with E-state index in [1.165, 1.54) is 6.08 Å². The van der Waals surface area contributed by atoms with E-state index in [1.807, 2.05) is 0 Å². The molecule has 0 spiro atoms. The maximum atomic E-state index is 13.0. The minimum absolute atomic E-state index is 0.116. The molecule has 0 saturated heterocycles. The van der Waals surface area contributed by atoms with Gasteiger partial charge >= 0.3 is 0 Å². The van der Waals surface area contributed by atoms with Crippen LogP contribution in [0, 0.1) is 17.5 Å². The van der Waals surface area contributed by atoms with Crippen LogP contribution in [0.1, 0.15) is 12.0 Å². The number of halogens is 3. The van der Waals surface area contributed by atoms with Gasteiger partial charge in [-0.2, -0.15) is 0 Å². The van der Waals surface area contributed by atoms with Gasteiger partial charge in [-0.05, 0) is 18.6 Å². The van der Waals surface area contributed by atoms with Crippen LogP contribution in [0.2, 0.25) is 0 Å². The molecule has 1 aromatic carbocycles. The lowest BCUT2D eigenvalue weighted by Crippen LogP contribution is -1.92. The molecule has 0 fully saturated rings. The fourth-order valence-corrected chi connectivity index (χ4v) is 0.971. The summed E-state index contributed by atoms with van der Waals surface area (Å²) in [5.41, 5.74) is -0.418. The van der Waals surface area contributed by atoms with Gasteiger partial charge in [0.2, 0.25) is 0 Å². The molecular formula is C10H9F3O. The van der Waals surface area contributed by atoms with Crippen LogP contribution >= 0.6 is 0 Å². The second-order valence-corrected chi connectivity index (χ2v) is 2.67. The monoisotopic (exact) mass is 202 g/mol. The largest absolute Gasteiger partial charge is 0.396 e. The summed E-state index contributed by atoms with van der Waals surface area (Å²) in [7, 11) is 0. The first kappa shape index (κ1) is 10.8. The lowest BCUT2D eigenvalue weighted by molar-refractivity contribution is 0.303. The van der Waals surface area contributed by atoms with Crippen LogP contribution < -0.4 is 0 Å². The predicted octanol–water partition coefficient (Wildman–Crippen LogP) is 2.50. The Bertz CT molecular complexity index is 347. The summed E-state index contributed by atoms with van der Waals surface area (Å²) in [6, 6.07) is 1.59. The van der Waals surface area contributed by atoms with Gasteiger partial charge in [-0.15, -0.1) is 0 Å².